The monoisotopic (exact) mass is 310 g/mol. The molecule has 1 aliphatic heterocycles. The second kappa shape index (κ2) is 7.49. The SMILES string of the molecule is Fc1cccc(F)c1CCNC1CCCC1C1COCCN1. The summed E-state index contributed by atoms with van der Waals surface area (Å²) in [6, 6.07) is 4.86. The van der Waals surface area contributed by atoms with Crippen molar-refractivity contribution in [1.29, 1.82) is 0 Å². The van der Waals surface area contributed by atoms with Crippen LogP contribution >= 0.6 is 0 Å². The molecule has 1 aromatic carbocycles. The van der Waals surface area contributed by atoms with Crippen LogP contribution in [0.15, 0.2) is 18.2 Å². The van der Waals surface area contributed by atoms with E-state index in [0.717, 1.165) is 26.2 Å². The summed E-state index contributed by atoms with van der Waals surface area (Å²) in [4.78, 5) is 0. The van der Waals surface area contributed by atoms with E-state index in [-0.39, 0.29) is 5.56 Å². The Morgan fingerprint density at radius 2 is 2.05 bits per heavy atom. The third-order valence-electron chi connectivity index (χ3n) is 4.88. The van der Waals surface area contributed by atoms with Crippen LogP contribution in [0.1, 0.15) is 24.8 Å². The van der Waals surface area contributed by atoms with Gasteiger partial charge in [-0.3, -0.25) is 0 Å². The molecular weight excluding hydrogens is 286 g/mol. The van der Waals surface area contributed by atoms with Crippen molar-refractivity contribution in [3.63, 3.8) is 0 Å². The lowest BCUT2D eigenvalue weighted by atomic mass is 9.94. The molecule has 1 heterocycles. The lowest BCUT2D eigenvalue weighted by Gasteiger charge is -2.33. The van der Waals surface area contributed by atoms with Crippen molar-refractivity contribution in [2.24, 2.45) is 5.92 Å². The van der Waals surface area contributed by atoms with Crippen LogP contribution in [0.25, 0.3) is 0 Å². The molecular formula is C17H24F2N2O. The number of ether oxygens (including phenoxy) is 1. The molecule has 1 saturated heterocycles. The third-order valence-corrected chi connectivity index (χ3v) is 4.88. The smallest absolute Gasteiger partial charge is 0.129 e. The van der Waals surface area contributed by atoms with Gasteiger partial charge >= 0.3 is 0 Å². The average molecular weight is 310 g/mol. The van der Waals surface area contributed by atoms with Crippen molar-refractivity contribution in [2.45, 2.75) is 37.8 Å². The molecule has 2 aliphatic rings. The van der Waals surface area contributed by atoms with Gasteiger partial charge < -0.3 is 15.4 Å². The van der Waals surface area contributed by atoms with Gasteiger partial charge in [-0.15, -0.1) is 0 Å². The van der Waals surface area contributed by atoms with Crippen LogP contribution in [0.2, 0.25) is 0 Å². The third kappa shape index (κ3) is 3.65. The van der Waals surface area contributed by atoms with Crippen LogP contribution in [0, 0.1) is 17.6 Å². The molecule has 0 aromatic heterocycles. The fourth-order valence-corrected chi connectivity index (χ4v) is 3.74. The Morgan fingerprint density at radius 1 is 1.23 bits per heavy atom. The average Bonchev–Trinajstić information content (AvgIpc) is 2.99. The van der Waals surface area contributed by atoms with Gasteiger partial charge in [-0.2, -0.15) is 0 Å². The molecule has 2 fully saturated rings. The van der Waals surface area contributed by atoms with Gasteiger partial charge in [0, 0.05) is 24.2 Å². The molecule has 0 radical (unpaired) electrons. The zero-order valence-corrected chi connectivity index (χ0v) is 12.8. The van der Waals surface area contributed by atoms with E-state index >= 15 is 0 Å². The normalized spacial score (nSPS) is 28.9. The van der Waals surface area contributed by atoms with Gasteiger partial charge in [-0.05, 0) is 43.9 Å². The number of rotatable bonds is 5. The Kier molecular flexibility index (Phi) is 5.39. The fraction of sp³-hybridized carbons (Fsp3) is 0.647. The highest BCUT2D eigenvalue weighted by molar-refractivity contribution is 5.20. The Balaban J connectivity index is 1.52. The van der Waals surface area contributed by atoms with E-state index in [1.807, 2.05) is 0 Å². The molecule has 3 atom stereocenters. The van der Waals surface area contributed by atoms with Crippen LogP contribution in [-0.4, -0.2) is 38.4 Å². The van der Waals surface area contributed by atoms with E-state index in [9.17, 15) is 8.78 Å². The number of hydrogen-bond acceptors (Lipinski definition) is 3. The molecule has 0 spiro atoms. The zero-order chi connectivity index (χ0) is 15.4. The zero-order valence-electron chi connectivity index (χ0n) is 12.8. The molecule has 3 unspecified atom stereocenters. The Bertz CT molecular complexity index is 471. The van der Waals surface area contributed by atoms with Gasteiger partial charge in [0.15, 0.2) is 0 Å². The van der Waals surface area contributed by atoms with E-state index < -0.39 is 11.6 Å². The Hall–Kier alpha value is -1.04. The highest BCUT2D eigenvalue weighted by Crippen LogP contribution is 2.29. The molecule has 1 aliphatic carbocycles. The first-order valence-electron chi connectivity index (χ1n) is 8.23. The van der Waals surface area contributed by atoms with E-state index in [2.05, 4.69) is 10.6 Å². The van der Waals surface area contributed by atoms with Crippen LogP contribution < -0.4 is 10.6 Å². The molecule has 0 bridgehead atoms. The molecule has 122 valence electrons. The standard InChI is InChI=1S/C17H24F2N2O/c18-14-4-2-5-15(19)12(14)7-8-20-16-6-1-3-13(16)17-11-22-10-9-21-17/h2,4-5,13,16-17,20-21H,1,3,6-11H2. The molecule has 1 aromatic rings. The molecule has 3 nitrogen and oxygen atoms in total. The van der Waals surface area contributed by atoms with Gasteiger partial charge in [-0.25, -0.2) is 8.78 Å². The van der Waals surface area contributed by atoms with Crippen molar-refractivity contribution in [1.82, 2.24) is 10.6 Å². The predicted molar refractivity (Wildman–Crippen MR) is 81.8 cm³/mol. The summed E-state index contributed by atoms with van der Waals surface area (Å²) in [6.07, 6.45) is 3.90. The first kappa shape index (κ1) is 15.8. The van der Waals surface area contributed by atoms with Gasteiger partial charge in [0.25, 0.3) is 0 Å². The fourth-order valence-electron chi connectivity index (χ4n) is 3.74. The van der Waals surface area contributed by atoms with Gasteiger partial charge in [0.2, 0.25) is 0 Å². The van der Waals surface area contributed by atoms with Crippen molar-refractivity contribution in [3.8, 4) is 0 Å². The molecule has 0 amide bonds. The highest BCUT2D eigenvalue weighted by atomic mass is 19.1. The number of benzene rings is 1. The van der Waals surface area contributed by atoms with Crippen LogP contribution in [0.5, 0.6) is 0 Å². The lowest BCUT2D eigenvalue weighted by Crippen LogP contribution is -2.51. The number of hydrogen-bond donors (Lipinski definition) is 2. The van der Waals surface area contributed by atoms with E-state index in [1.165, 1.54) is 31.0 Å². The van der Waals surface area contributed by atoms with E-state index in [1.54, 1.807) is 0 Å². The maximum absolute atomic E-state index is 13.6. The molecule has 2 N–H and O–H groups in total. The summed E-state index contributed by atoms with van der Waals surface area (Å²) in [5.41, 5.74) is 0.184. The number of halogens is 2. The first-order chi connectivity index (χ1) is 10.8. The number of nitrogens with one attached hydrogen (secondary N) is 2. The summed E-state index contributed by atoms with van der Waals surface area (Å²) in [7, 11) is 0. The molecule has 5 heteroatoms. The largest absolute Gasteiger partial charge is 0.379 e. The molecule has 22 heavy (non-hydrogen) atoms. The van der Waals surface area contributed by atoms with Crippen molar-refractivity contribution < 1.29 is 13.5 Å². The maximum Gasteiger partial charge on any atom is 0.129 e. The first-order valence-corrected chi connectivity index (χ1v) is 8.23. The Morgan fingerprint density at radius 3 is 2.77 bits per heavy atom. The lowest BCUT2D eigenvalue weighted by molar-refractivity contribution is 0.0526. The second-order valence-electron chi connectivity index (χ2n) is 6.24. The summed E-state index contributed by atoms with van der Waals surface area (Å²) in [6.45, 7) is 3.07. The van der Waals surface area contributed by atoms with Gasteiger partial charge in [-0.1, -0.05) is 12.5 Å². The van der Waals surface area contributed by atoms with Crippen LogP contribution in [-0.2, 0) is 11.2 Å². The molecule has 1 saturated carbocycles. The summed E-state index contributed by atoms with van der Waals surface area (Å²) >= 11 is 0. The maximum atomic E-state index is 13.6. The second-order valence-corrected chi connectivity index (χ2v) is 6.24. The summed E-state index contributed by atoms with van der Waals surface area (Å²) < 4.78 is 32.8. The van der Waals surface area contributed by atoms with Crippen LogP contribution in [0.3, 0.4) is 0 Å². The van der Waals surface area contributed by atoms with E-state index in [4.69, 9.17) is 4.74 Å². The number of morpholine rings is 1. The van der Waals surface area contributed by atoms with Gasteiger partial charge in [0.05, 0.1) is 13.2 Å². The van der Waals surface area contributed by atoms with E-state index in [0.29, 0.717) is 31.0 Å². The topological polar surface area (TPSA) is 33.3 Å². The minimum atomic E-state index is -0.452. The Labute approximate surface area is 130 Å². The predicted octanol–water partition coefficient (Wildman–Crippen LogP) is 2.25. The van der Waals surface area contributed by atoms with Crippen LogP contribution in [0.4, 0.5) is 8.78 Å². The summed E-state index contributed by atoms with van der Waals surface area (Å²) in [5, 5.41) is 7.04. The van der Waals surface area contributed by atoms with Crippen molar-refractivity contribution in [2.75, 3.05) is 26.3 Å². The van der Waals surface area contributed by atoms with Crippen molar-refractivity contribution >= 4 is 0 Å². The minimum Gasteiger partial charge on any atom is -0.379 e. The highest BCUT2D eigenvalue weighted by Gasteiger charge is 2.34. The van der Waals surface area contributed by atoms with Gasteiger partial charge in [0.1, 0.15) is 11.6 Å². The molecule has 3 rings (SSSR count). The summed E-state index contributed by atoms with van der Waals surface area (Å²) in [5.74, 6) is -0.356. The van der Waals surface area contributed by atoms with Crippen molar-refractivity contribution in [3.05, 3.63) is 35.4 Å². The minimum absolute atomic E-state index is 0.184. The quantitative estimate of drug-likeness (QED) is 0.875.